The Balaban J connectivity index is 2.27. The van der Waals surface area contributed by atoms with Gasteiger partial charge in [-0.05, 0) is 12.8 Å². The Labute approximate surface area is 91.6 Å². The number of nitrogens with one attached hydrogen (secondary N) is 1. The topological polar surface area (TPSA) is 52.6 Å². The predicted molar refractivity (Wildman–Crippen MR) is 59.6 cm³/mol. The normalized spacial score (nSPS) is 21.3. The van der Waals surface area contributed by atoms with Crippen LogP contribution in [0.15, 0.2) is 0 Å². The second-order valence-electron chi connectivity index (χ2n) is 4.42. The highest BCUT2D eigenvalue weighted by Gasteiger charge is 2.27. The van der Waals surface area contributed by atoms with E-state index in [1.807, 2.05) is 4.90 Å². The Morgan fingerprint density at radius 3 is 2.93 bits per heavy atom. The Morgan fingerprint density at radius 1 is 1.60 bits per heavy atom. The van der Waals surface area contributed by atoms with Crippen LogP contribution in [0.5, 0.6) is 0 Å². The molecule has 0 saturated carbocycles. The number of aliphatic hydroxyl groups is 1. The molecular weight excluding hydrogens is 192 g/mol. The lowest BCUT2D eigenvalue weighted by atomic mass is 10.2. The number of hydrogen-bond acceptors (Lipinski definition) is 3. The molecule has 4 heteroatoms. The van der Waals surface area contributed by atoms with Gasteiger partial charge in [-0.15, -0.1) is 0 Å². The van der Waals surface area contributed by atoms with Crippen molar-refractivity contribution < 1.29 is 9.90 Å². The fourth-order valence-electron chi connectivity index (χ4n) is 1.97. The van der Waals surface area contributed by atoms with Crippen molar-refractivity contribution in [3.63, 3.8) is 0 Å². The summed E-state index contributed by atoms with van der Waals surface area (Å²) in [5.41, 5.74) is 0. The van der Waals surface area contributed by atoms with E-state index in [0.29, 0.717) is 12.5 Å². The molecule has 88 valence electrons. The van der Waals surface area contributed by atoms with Crippen LogP contribution in [-0.2, 0) is 4.79 Å². The lowest BCUT2D eigenvalue weighted by Gasteiger charge is -2.23. The molecule has 1 saturated heterocycles. The first-order valence-electron chi connectivity index (χ1n) is 5.79. The number of carbonyl (C=O) groups is 1. The van der Waals surface area contributed by atoms with Crippen LogP contribution in [0.3, 0.4) is 0 Å². The average molecular weight is 214 g/mol. The maximum atomic E-state index is 11.8. The van der Waals surface area contributed by atoms with Crippen LogP contribution in [-0.4, -0.2) is 47.7 Å². The zero-order valence-electron chi connectivity index (χ0n) is 9.70. The second-order valence-corrected chi connectivity index (χ2v) is 4.42. The molecule has 1 aliphatic heterocycles. The zero-order chi connectivity index (χ0) is 11.3. The fraction of sp³-hybridized carbons (Fsp3) is 0.909. The van der Waals surface area contributed by atoms with E-state index in [-0.39, 0.29) is 18.6 Å². The highest BCUT2D eigenvalue weighted by molar-refractivity contribution is 5.77. The van der Waals surface area contributed by atoms with E-state index in [1.165, 1.54) is 0 Å². The Bertz CT molecular complexity index is 207. The van der Waals surface area contributed by atoms with Crippen LogP contribution in [0.1, 0.15) is 33.1 Å². The SMILES string of the molecule is CC(C)NCCC(=O)N1CCC[C@@H]1CO. The quantitative estimate of drug-likeness (QED) is 0.694. The summed E-state index contributed by atoms with van der Waals surface area (Å²) in [5, 5.41) is 12.3. The Hall–Kier alpha value is -0.610. The van der Waals surface area contributed by atoms with Crippen molar-refractivity contribution in [1.82, 2.24) is 10.2 Å². The third kappa shape index (κ3) is 3.80. The smallest absolute Gasteiger partial charge is 0.224 e. The second kappa shape index (κ2) is 6.08. The lowest BCUT2D eigenvalue weighted by Crippen LogP contribution is -2.39. The average Bonchev–Trinajstić information content (AvgIpc) is 2.64. The summed E-state index contributed by atoms with van der Waals surface area (Å²) >= 11 is 0. The first kappa shape index (κ1) is 12.5. The number of amides is 1. The van der Waals surface area contributed by atoms with Gasteiger partial charge in [-0.2, -0.15) is 0 Å². The van der Waals surface area contributed by atoms with E-state index in [9.17, 15) is 4.79 Å². The number of aliphatic hydroxyl groups excluding tert-OH is 1. The molecule has 1 aliphatic rings. The van der Waals surface area contributed by atoms with Gasteiger partial charge in [0.2, 0.25) is 5.91 Å². The van der Waals surface area contributed by atoms with Crippen molar-refractivity contribution in [3.8, 4) is 0 Å². The lowest BCUT2D eigenvalue weighted by molar-refractivity contribution is -0.132. The molecule has 1 fully saturated rings. The molecule has 0 unspecified atom stereocenters. The molecule has 0 aliphatic carbocycles. The number of rotatable bonds is 5. The molecule has 0 bridgehead atoms. The maximum Gasteiger partial charge on any atom is 0.224 e. The summed E-state index contributed by atoms with van der Waals surface area (Å²) in [6.45, 7) is 5.77. The standard InChI is InChI=1S/C11H22N2O2/c1-9(2)12-6-5-11(15)13-7-3-4-10(13)8-14/h9-10,12,14H,3-8H2,1-2H3/t10-/m1/s1. The van der Waals surface area contributed by atoms with E-state index >= 15 is 0 Å². The van der Waals surface area contributed by atoms with Gasteiger partial charge in [-0.25, -0.2) is 0 Å². The van der Waals surface area contributed by atoms with Gasteiger partial charge in [-0.3, -0.25) is 4.79 Å². The zero-order valence-corrected chi connectivity index (χ0v) is 9.70. The van der Waals surface area contributed by atoms with Crippen LogP contribution >= 0.6 is 0 Å². The number of likely N-dealkylation sites (tertiary alicyclic amines) is 1. The monoisotopic (exact) mass is 214 g/mol. The highest BCUT2D eigenvalue weighted by Crippen LogP contribution is 2.17. The van der Waals surface area contributed by atoms with Gasteiger partial charge in [0.1, 0.15) is 0 Å². The van der Waals surface area contributed by atoms with Crippen molar-refractivity contribution in [1.29, 1.82) is 0 Å². The number of hydrogen-bond donors (Lipinski definition) is 2. The molecule has 1 amide bonds. The van der Waals surface area contributed by atoms with Gasteiger partial charge in [0.15, 0.2) is 0 Å². The van der Waals surface area contributed by atoms with Crippen molar-refractivity contribution in [2.75, 3.05) is 19.7 Å². The molecule has 0 radical (unpaired) electrons. The van der Waals surface area contributed by atoms with Crippen LogP contribution in [0.25, 0.3) is 0 Å². The van der Waals surface area contributed by atoms with Gasteiger partial charge in [0, 0.05) is 25.6 Å². The van der Waals surface area contributed by atoms with Gasteiger partial charge < -0.3 is 15.3 Å². The molecule has 1 atom stereocenters. The third-order valence-electron chi connectivity index (χ3n) is 2.80. The van der Waals surface area contributed by atoms with Crippen molar-refractivity contribution in [3.05, 3.63) is 0 Å². The largest absolute Gasteiger partial charge is 0.394 e. The molecule has 0 aromatic heterocycles. The highest BCUT2D eigenvalue weighted by atomic mass is 16.3. The first-order chi connectivity index (χ1) is 7.15. The molecule has 2 N–H and O–H groups in total. The van der Waals surface area contributed by atoms with E-state index in [4.69, 9.17) is 5.11 Å². The maximum absolute atomic E-state index is 11.8. The van der Waals surface area contributed by atoms with Crippen LogP contribution in [0.2, 0.25) is 0 Å². The molecule has 1 heterocycles. The van der Waals surface area contributed by atoms with Crippen LogP contribution in [0, 0.1) is 0 Å². The van der Waals surface area contributed by atoms with E-state index < -0.39 is 0 Å². The summed E-state index contributed by atoms with van der Waals surface area (Å²) in [4.78, 5) is 13.6. The van der Waals surface area contributed by atoms with E-state index in [2.05, 4.69) is 19.2 Å². The molecular formula is C11H22N2O2. The predicted octanol–water partition coefficient (Wildman–Crippen LogP) is 0.358. The molecule has 0 aromatic rings. The summed E-state index contributed by atoms with van der Waals surface area (Å²) in [6, 6.07) is 0.488. The third-order valence-corrected chi connectivity index (χ3v) is 2.80. The van der Waals surface area contributed by atoms with Crippen LogP contribution in [0.4, 0.5) is 0 Å². The molecule has 0 aromatic carbocycles. The summed E-state index contributed by atoms with van der Waals surface area (Å²) < 4.78 is 0. The molecule has 15 heavy (non-hydrogen) atoms. The number of carbonyl (C=O) groups excluding carboxylic acids is 1. The Morgan fingerprint density at radius 2 is 2.33 bits per heavy atom. The molecule has 0 spiro atoms. The number of nitrogens with zero attached hydrogens (tertiary/aromatic N) is 1. The Kier molecular flexibility index (Phi) is 5.05. The molecule has 1 rings (SSSR count). The minimum absolute atomic E-state index is 0.0662. The van der Waals surface area contributed by atoms with Crippen LogP contribution < -0.4 is 5.32 Å². The van der Waals surface area contributed by atoms with E-state index in [0.717, 1.165) is 25.9 Å². The van der Waals surface area contributed by atoms with Gasteiger partial charge in [-0.1, -0.05) is 13.8 Å². The molecule has 4 nitrogen and oxygen atoms in total. The minimum atomic E-state index is 0.0662. The van der Waals surface area contributed by atoms with Crippen molar-refractivity contribution >= 4 is 5.91 Å². The fourth-order valence-corrected chi connectivity index (χ4v) is 1.97. The van der Waals surface area contributed by atoms with E-state index in [1.54, 1.807) is 0 Å². The van der Waals surface area contributed by atoms with Crippen molar-refractivity contribution in [2.24, 2.45) is 0 Å². The minimum Gasteiger partial charge on any atom is -0.394 e. The summed E-state index contributed by atoms with van der Waals surface area (Å²) in [6.07, 6.45) is 2.50. The summed E-state index contributed by atoms with van der Waals surface area (Å²) in [7, 11) is 0. The van der Waals surface area contributed by atoms with Gasteiger partial charge >= 0.3 is 0 Å². The van der Waals surface area contributed by atoms with Gasteiger partial charge in [0.25, 0.3) is 0 Å². The summed E-state index contributed by atoms with van der Waals surface area (Å²) in [5.74, 6) is 0.166. The van der Waals surface area contributed by atoms with Gasteiger partial charge in [0.05, 0.1) is 12.6 Å². The first-order valence-corrected chi connectivity index (χ1v) is 5.79. The van der Waals surface area contributed by atoms with Crippen molar-refractivity contribution in [2.45, 2.75) is 45.2 Å².